The SMILES string of the molecule is CN(C)C(=O)COC(=O)c1ccc(N2CCCC2)c([N+](=O)[O-])c1. The molecular weight excluding hydrogens is 302 g/mol. The second kappa shape index (κ2) is 7.08. The van der Waals surface area contributed by atoms with E-state index in [0.717, 1.165) is 25.9 Å². The molecule has 1 saturated heterocycles. The highest BCUT2D eigenvalue weighted by molar-refractivity contribution is 5.93. The Labute approximate surface area is 133 Å². The first-order valence-corrected chi connectivity index (χ1v) is 7.31. The lowest BCUT2D eigenvalue weighted by atomic mass is 10.1. The second-order valence-electron chi connectivity index (χ2n) is 5.52. The van der Waals surface area contributed by atoms with Crippen molar-refractivity contribution in [1.29, 1.82) is 0 Å². The van der Waals surface area contributed by atoms with E-state index in [0.29, 0.717) is 5.69 Å². The zero-order chi connectivity index (χ0) is 17.0. The van der Waals surface area contributed by atoms with Crippen LogP contribution in [0.3, 0.4) is 0 Å². The lowest BCUT2D eigenvalue weighted by molar-refractivity contribution is -0.384. The molecule has 0 saturated carbocycles. The third-order valence-electron chi connectivity index (χ3n) is 3.68. The summed E-state index contributed by atoms with van der Waals surface area (Å²) in [6.45, 7) is 1.14. The molecule has 1 amide bonds. The maximum Gasteiger partial charge on any atom is 0.338 e. The first kappa shape index (κ1) is 16.7. The summed E-state index contributed by atoms with van der Waals surface area (Å²) in [6, 6.07) is 4.26. The highest BCUT2D eigenvalue weighted by Crippen LogP contribution is 2.31. The van der Waals surface area contributed by atoms with Crippen LogP contribution < -0.4 is 4.90 Å². The van der Waals surface area contributed by atoms with Gasteiger partial charge in [-0.05, 0) is 25.0 Å². The number of carbonyl (C=O) groups is 2. The Morgan fingerprint density at radius 3 is 2.52 bits per heavy atom. The van der Waals surface area contributed by atoms with Crippen molar-refractivity contribution in [2.75, 3.05) is 38.7 Å². The number of ether oxygens (including phenoxy) is 1. The van der Waals surface area contributed by atoms with Crippen LogP contribution in [0.1, 0.15) is 23.2 Å². The minimum atomic E-state index is -0.753. The van der Waals surface area contributed by atoms with Gasteiger partial charge < -0.3 is 14.5 Å². The lowest BCUT2D eigenvalue weighted by Crippen LogP contribution is -2.27. The average Bonchev–Trinajstić information content (AvgIpc) is 3.05. The van der Waals surface area contributed by atoms with E-state index in [2.05, 4.69) is 0 Å². The minimum absolute atomic E-state index is 0.0613. The number of nitro benzene ring substituents is 1. The number of carbonyl (C=O) groups excluding carboxylic acids is 2. The van der Waals surface area contributed by atoms with Crippen molar-refractivity contribution in [2.45, 2.75) is 12.8 Å². The molecule has 0 aromatic heterocycles. The van der Waals surface area contributed by atoms with Gasteiger partial charge in [0.2, 0.25) is 0 Å². The zero-order valence-corrected chi connectivity index (χ0v) is 13.2. The van der Waals surface area contributed by atoms with Crippen molar-refractivity contribution in [3.05, 3.63) is 33.9 Å². The first-order valence-electron chi connectivity index (χ1n) is 7.31. The first-order chi connectivity index (χ1) is 10.9. The second-order valence-corrected chi connectivity index (χ2v) is 5.52. The maximum absolute atomic E-state index is 11.9. The number of nitro groups is 1. The quantitative estimate of drug-likeness (QED) is 0.463. The van der Waals surface area contributed by atoms with Crippen LogP contribution in [0.25, 0.3) is 0 Å². The van der Waals surface area contributed by atoms with Gasteiger partial charge >= 0.3 is 5.97 Å². The number of hydrogen-bond donors (Lipinski definition) is 0. The molecule has 0 atom stereocenters. The van der Waals surface area contributed by atoms with Crippen LogP contribution >= 0.6 is 0 Å². The predicted octanol–water partition coefficient (Wildman–Crippen LogP) is 1.44. The fourth-order valence-electron chi connectivity index (χ4n) is 2.36. The number of esters is 1. The van der Waals surface area contributed by atoms with Gasteiger partial charge in [-0.15, -0.1) is 0 Å². The third kappa shape index (κ3) is 3.97. The summed E-state index contributed by atoms with van der Waals surface area (Å²) in [4.78, 5) is 37.4. The fourth-order valence-corrected chi connectivity index (χ4v) is 2.36. The van der Waals surface area contributed by atoms with E-state index in [-0.39, 0.29) is 17.2 Å². The van der Waals surface area contributed by atoms with Gasteiger partial charge in [0.15, 0.2) is 6.61 Å². The monoisotopic (exact) mass is 321 g/mol. The van der Waals surface area contributed by atoms with Gasteiger partial charge in [0.05, 0.1) is 10.5 Å². The Hall–Kier alpha value is -2.64. The number of benzene rings is 1. The van der Waals surface area contributed by atoms with Crippen molar-refractivity contribution in [1.82, 2.24) is 4.90 Å². The van der Waals surface area contributed by atoms with Crippen molar-refractivity contribution < 1.29 is 19.2 Å². The fraction of sp³-hybridized carbons (Fsp3) is 0.467. The molecule has 0 spiro atoms. The Morgan fingerprint density at radius 2 is 1.96 bits per heavy atom. The van der Waals surface area contributed by atoms with E-state index < -0.39 is 17.5 Å². The molecule has 1 heterocycles. The van der Waals surface area contributed by atoms with Gasteiger partial charge in [0.1, 0.15) is 5.69 Å². The molecule has 8 heteroatoms. The predicted molar refractivity (Wildman–Crippen MR) is 83.5 cm³/mol. The lowest BCUT2D eigenvalue weighted by Gasteiger charge is -2.17. The van der Waals surface area contributed by atoms with Gasteiger partial charge in [0.25, 0.3) is 11.6 Å². The summed E-state index contributed by atoms with van der Waals surface area (Å²) in [5.74, 6) is -1.11. The van der Waals surface area contributed by atoms with E-state index in [1.807, 2.05) is 4.90 Å². The number of amides is 1. The van der Waals surface area contributed by atoms with Crippen LogP contribution in [-0.4, -0.2) is 55.5 Å². The molecule has 8 nitrogen and oxygen atoms in total. The van der Waals surface area contributed by atoms with E-state index in [1.54, 1.807) is 20.2 Å². The Kier molecular flexibility index (Phi) is 5.15. The minimum Gasteiger partial charge on any atom is -0.452 e. The molecule has 0 unspecified atom stereocenters. The van der Waals surface area contributed by atoms with E-state index in [1.165, 1.54) is 17.0 Å². The van der Waals surface area contributed by atoms with Crippen LogP contribution in [0, 0.1) is 10.1 Å². The van der Waals surface area contributed by atoms with E-state index in [4.69, 9.17) is 4.74 Å². The zero-order valence-electron chi connectivity index (χ0n) is 13.2. The summed E-state index contributed by atoms with van der Waals surface area (Å²) < 4.78 is 4.88. The van der Waals surface area contributed by atoms with Crippen molar-refractivity contribution >= 4 is 23.3 Å². The van der Waals surface area contributed by atoms with Gasteiger partial charge in [-0.3, -0.25) is 14.9 Å². The summed E-state index contributed by atoms with van der Waals surface area (Å²) in [6.07, 6.45) is 1.99. The number of rotatable bonds is 5. The number of hydrogen-bond acceptors (Lipinski definition) is 6. The van der Waals surface area contributed by atoms with E-state index >= 15 is 0 Å². The Balaban J connectivity index is 2.16. The standard InChI is InChI=1S/C15H19N3O5/c1-16(2)14(19)10-23-15(20)11-5-6-12(13(9-11)18(21)22)17-7-3-4-8-17/h5-6,9H,3-4,7-8,10H2,1-2H3. The van der Waals surface area contributed by atoms with Crippen molar-refractivity contribution in [2.24, 2.45) is 0 Å². The third-order valence-corrected chi connectivity index (χ3v) is 3.68. The summed E-state index contributed by atoms with van der Waals surface area (Å²) in [7, 11) is 3.09. The largest absolute Gasteiger partial charge is 0.452 e. The smallest absolute Gasteiger partial charge is 0.338 e. The van der Waals surface area contributed by atoms with E-state index in [9.17, 15) is 19.7 Å². The van der Waals surface area contributed by atoms with Crippen LogP contribution in [0.4, 0.5) is 11.4 Å². The average molecular weight is 321 g/mol. The van der Waals surface area contributed by atoms with Gasteiger partial charge in [0, 0.05) is 33.3 Å². The molecule has 124 valence electrons. The maximum atomic E-state index is 11.9. The highest BCUT2D eigenvalue weighted by atomic mass is 16.6. The number of anilines is 1. The van der Waals surface area contributed by atoms with Crippen LogP contribution in [0.2, 0.25) is 0 Å². The summed E-state index contributed by atoms with van der Waals surface area (Å²) in [5.41, 5.74) is 0.444. The molecule has 0 bridgehead atoms. The molecule has 1 aromatic rings. The molecule has 1 aliphatic heterocycles. The number of nitrogens with zero attached hydrogens (tertiary/aromatic N) is 3. The topological polar surface area (TPSA) is 93.0 Å². The Morgan fingerprint density at radius 1 is 1.30 bits per heavy atom. The van der Waals surface area contributed by atoms with Gasteiger partial charge in [-0.25, -0.2) is 4.79 Å². The van der Waals surface area contributed by atoms with Crippen LogP contribution in [0.5, 0.6) is 0 Å². The van der Waals surface area contributed by atoms with Crippen LogP contribution in [0.15, 0.2) is 18.2 Å². The molecule has 0 radical (unpaired) electrons. The molecular formula is C15H19N3O5. The Bertz CT molecular complexity index is 624. The molecule has 0 N–H and O–H groups in total. The summed E-state index contributed by atoms with van der Waals surface area (Å²) in [5, 5.41) is 11.3. The molecule has 0 aliphatic carbocycles. The highest BCUT2D eigenvalue weighted by Gasteiger charge is 2.24. The molecule has 1 aromatic carbocycles. The normalized spacial score (nSPS) is 13.7. The van der Waals surface area contributed by atoms with Crippen molar-refractivity contribution in [3.8, 4) is 0 Å². The van der Waals surface area contributed by atoms with Gasteiger partial charge in [-0.1, -0.05) is 0 Å². The number of likely N-dealkylation sites (N-methyl/N-ethyl adjacent to an activating group) is 1. The molecule has 1 fully saturated rings. The van der Waals surface area contributed by atoms with Crippen molar-refractivity contribution in [3.63, 3.8) is 0 Å². The molecule has 2 rings (SSSR count). The van der Waals surface area contributed by atoms with Gasteiger partial charge in [-0.2, -0.15) is 0 Å². The molecule has 1 aliphatic rings. The van der Waals surface area contributed by atoms with Crippen LogP contribution in [-0.2, 0) is 9.53 Å². The summed E-state index contributed by atoms with van der Waals surface area (Å²) >= 11 is 0. The molecule has 23 heavy (non-hydrogen) atoms.